The molecule has 0 spiro atoms. The maximum absolute atomic E-state index is 6.27. The molecule has 0 fully saturated rings. The summed E-state index contributed by atoms with van der Waals surface area (Å²) in [6.45, 7) is 8.38. The first-order chi connectivity index (χ1) is 14.4. The maximum atomic E-state index is 6.27. The van der Waals surface area contributed by atoms with Crippen LogP contribution in [0.1, 0.15) is 16.7 Å². The second kappa shape index (κ2) is 7.63. The van der Waals surface area contributed by atoms with E-state index in [9.17, 15) is 0 Å². The van der Waals surface area contributed by atoms with Crippen molar-refractivity contribution in [3.63, 3.8) is 0 Å². The van der Waals surface area contributed by atoms with Crippen LogP contribution < -0.4 is 5.73 Å². The number of aryl methyl sites for hydroxylation is 2. The summed E-state index contributed by atoms with van der Waals surface area (Å²) >= 11 is 0. The smallest absolute Gasteiger partial charge is 0.226 e. The number of rotatable bonds is 5. The highest BCUT2D eigenvalue weighted by atomic mass is 15.3. The summed E-state index contributed by atoms with van der Waals surface area (Å²) in [6.07, 6.45) is 2.60. The lowest BCUT2D eigenvalue weighted by Gasteiger charge is -2.18. The Kier molecular flexibility index (Phi) is 4.99. The van der Waals surface area contributed by atoms with E-state index in [1.54, 1.807) is 6.20 Å². The van der Waals surface area contributed by atoms with Crippen molar-refractivity contribution in [3.05, 3.63) is 77.6 Å². The summed E-state index contributed by atoms with van der Waals surface area (Å²) < 4.78 is 1.91. The van der Waals surface area contributed by atoms with Crippen molar-refractivity contribution >= 4 is 16.9 Å². The number of nitrogens with zero attached hydrogens (tertiary/aromatic N) is 5. The van der Waals surface area contributed by atoms with E-state index >= 15 is 0 Å². The van der Waals surface area contributed by atoms with Gasteiger partial charge in [-0.25, -0.2) is 0 Å². The first-order valence-electron chi connectivity index (χ1n) is 9.87. The molecular weight excluding hydrogens is 372 g/mol. The normalized spacial score (nSPS) is 11.1. The van der Waals surface area contributed by atoms with Crippen LogP contribution in [0.3, 0.4) is 0 Å². The molecule has 0 unspecified atom stereocenters. The zero-order chi connectivity index (χ0) is 21.4. The average molecular weight is 399 g/mol. The molecule has 0 aliphatic carbocycles. The summed E-state index contributed by atoms with van der Waals surface area (Å²) in [5.74, 6) is 1.07. The Morgan fingerprint density at radius 1 is 1.07 bits per heavy atom. The highest BCUT2D eigenvalue weighted by molar-refractivity contribution is 5.88. The zero-order valence-corrected chi connectivity index (χ0v) is 17.8. The molecule has 2 aromatic heterocycles. The Balaban J connectivity index is 1.86. The van der Waals surface area contributed by atoms with Gasteiger partial charge in [0.25, 0.3) is 0 Å². The molecule has 0 atom stereocenters. The summed E-state index contributed by atoms with van der Waals surface area (Å²) in [5.41, 5.74) is 13.7. The van der Waals surface area contributed by atoms with Gasteiger partial charge in [-0.05, 0) is 60.9 Å². The molecule has 0 saturated carbocycles. The van der Waals surface area contributed by atoms with Gasteiger partial charge in [0.1, 0.15) is 0 Å². The van der Waals surface area contributed by atoms with E-state index in [4.69, 9.17) is 5.73 Å². The molecule has 6 heteroatoms. The second-order valence-corrected chi connectivity index (χ2v) is 7.80. The van der Waals surface area contributed by atoms with Gasteiger partial charge >= 0.3 is 0 Å². The van der Waals surface area contributed by atoms with Crippen LogP contribution in [0, 0.1) is 13.8 Å². The van der Waals surface area contributed by atoms with E-state index in [0.717, 1.165) is 45.7 Å². The SMILES string of the molecule is C=C(Cc1cc(C)c(-c2nnc(N)n2-c2cccc3ncccc23)cc1C)N(C)C. The van der Waals surface area contributed by atoms with Crippen molar-refractivity contribution in [2.24, 2.45) is 0 Å². The van der Waals surface area contributed by atoms with Crippen LogP contribution in [-0.4, -0.2) is 38.7 Å². The minimum Gasteiger partial charge on any atom is -0.381 e. The number of aromatic nitrogens is 4. The number of benzene rings is 2. The van der Waals surface area contributed by atoms with Crippen molar-refractivity contribution in [2.75, 3.05) is 19.8 Å². The van der Waals surface area contributed by atoms with Crippen LogP contribution in [0.15, 0.2) is 60.9 Å². The number of likely N-dealkylation sites (N-methyl/N-ethyl adjacent to an activating group) is 1. The minimum absolute atomic E-state index is 0.350. The molecule has 152 valence electrons. The average Bonchev–Trinajstić information content (AvgIpc) is 3.10. The lowest BCUT2D eigenvalue weighted by molar-refractivity contribution is 0.501. The zero-order valence-electron chi connectivity index (χ0n) is 17.8. The molecule has 0 aliphatic heterocycles. The molecule has 0 radical (unpaired) electrons. The fourth-order valence-electron chi connectivity index (χ4n) is 3.68. The van der Waals surface area contributed by atoms with Crippen LogP contribution in [0.5, 0.6) is 0 Å². The first-order valence-corrected chi connectivity index (χ1v) is 9.87. The molecule has 0 saturated heterocycles. The molecule has 0 amide bonds. The molecule has 4 aromatic rings. The molecule has 0 bridgehead atoms. The van der Waals surface area contributed by atoms with Gasteiger partial charge < -0.3 is 10.6 Å². The topological polar surface area (TPSA) is 72.9 Å². The molecule has 4 rings (SSSR count). The van der Waals surface area contributed by atoms with Crippen molar-refractivity contribution in [3.8, 4) is 17.1 Å². The van der Waals surface area contributed by atoms with Gasteiger partial charge in [-0.3, -0.25) is 9.55 Å². The first kappa shape index (κ1) is 19.6. The molecule has 2 N–H and O–H groups in total. The monoisotopic (exact) mass is 398 g/mol. The van der Waals surface area contributed by atoms with Crippen LogP contribution in [0.4, 0.5) is 5.95 Å². The van der Waals surface area contributed by atoms with Crippen molar-refractivity contribution in [1.29, 1.82) is 0 Å². The van der Waals surface area contributed by atoms with Gasteiger partial charge in [-0.15, -0.1) is 10.2 Å². The Labute approximate surface area is 176 Å². The largest absolute Gasteiger partial charge is 0.381 e. The molecule has 6 nitrogen and oxygen atoms in total. The van der Waals surface area contributed by atoms with Crippen LogP contribution in [0.25, 0.3) is 28.0 Å². The van der Waals surface area contributed by atoms with Gasteiger partial charge in [0.05, 0.1) is 11.2 Å². The Hall–Kier alpha value is -3.67. The molecule has 2 aromatic carbocycles. The molecule has 0 aliphatic rings. The number of hydrogen-bond acceptors (Lipinski definition) is 5. The summed E-state index contributed by atoms with van der Waals surface area (Å²) in [6, 6.07) is 14.3. The van der Waals surface area contributed by atoms with Gasteiger partial charge in [0, 0.05) is 43.4 Å². The molecule has 30 heavy (non-hydrogen) atoms. The van der Waals surface area contributed by atoms with Gasteiger partial charge in [-0.1, -0.05) is 18.7 Å². The van der Waals surface area contributed by atoms with Crippen LogP contribution >= 0.6 is 0 Å². The number of allylic oxidation sites excluding steroid dienone is 1. The summed E-state index contributed by atoms with van der Waals surface area (Å²) in [4.78, 5) is 6.51. The maximum Gasteiger partial charge on any atom is 0.226 e. The number of pyridine rings is 1. The summed E-state index contributed by atoms with van der Waals surface area (Å²) in [5, 5.41) is 9.62. The number of nitrogens with two attached hydrogens (primary N) is 1. The van der Waals surface area contributed by atoms with E-state index in [-0.39, 0.29) is 0 Å². The van der Waals surface area contributed by atoms with Crippen LogP contribution in [0.2, 0.25) is 0 Å². The highest BCUT2D eigenvalue weighted by Gasteiger charge is 2.18. The van der Waals surface area contributed by atoms with Gasteiger partial charge in [0.2, 0.25) is 5.95 Å². The lowest BCUT2D eigenvalue weighted by atomic mass is 9.96. The standard InChI is InChI=1S/C24H26N6/c1-15-13-20(16(2)12-18(15)14-17(3)29(4)5)23-27-28-24(25)30(23)22-10-6-9-21-19(22)8-7-11-26-21/h6-13H,3,14H2,1-2,4-5H3,(H2,25,28). The third kappa shape index (κ3) is 3.41. The Morgan fingerprint density at radius 3 is 2.63 bits per heavy atom. The third-order valence-electron chi connectivity index (χ3n) is 5.50. The van der Waals surface area contributed by atoms with E-state index in [1.807, 2.05) is 49.0 Å². The molecule has 2 heterocycles. The van der Waals surface area contributed by atoms with Crippen molar-refractivity contribution in [1.82, 2.24) is 24.6 Å². The third-order valence-corrected chi connectivity index (χ3v) is 5.50. The Morgan fingerprint density at radius 2 is 1.87 bits per heavy atom. The van der Waals surface area contributed by atoms with Gasteiger partial charge in [-0.2, -0.15) is 0 Å². The van der Waals surface area contributed by atoms with E-state index < -0.39 is 0 Å². The summed E-state index contributed by atoms with van der Waals surface area (Å²) in [7, 11) is 4.03. The van der Waals surface area contributed by atoms with Crippen molar-refractivity contribution in [2.45, 2.75) is 20.3 Å². The predicted molar refractivity (Wildman–Crippen MR) is 123 cm³/mol. The fourth-order valence-corrected chi connectivity index (χ4v) is 3.68. The number of hydrogen-bond donors (Lipinski definition) is 1. The van der Waals surface area contributed by atoms with E-state index in [1.165, 1.54) is 11.1 Å². The van der Waals surface area contributed by atoms with E-state index in [0.29, 0.717) is 5.95 Å². The predicted octanol–water partition coefficient (Wildman–Crippen LogP) is 4.30. The molecular formula is C24H26N6. The van der Waals surface area contributed by atoms with E-state index in [2.05, 4.69) is 52.6 Å². The lowest BCUT2D eigenvalue weighted by Crippen LogP contribution is -2.12. The van der Waals surface area contributed by atoms with Gasteiger partial charge in [0.15, 0.2) is 5.82 Å². The quantitative estimate of drug-likeness (QED) is 0.543. The number of nitrogen functional groups attached to an aromatic ring is 1. The fraction of sp³-hybridized carbons (Fsp3) is 0.208. The van der Waals surface area contributed by atoms with Crippen LogP contribution in [-0.2, 0) is 6.42 Å². The Bertz CT molecular complexity index is 1250. The van der Waals surface area contributed by atoms with Crippen molar-refractivity contribution < 1.29 is 0 Å². The second-order valence-electron chi connectivity index (χ2n) is 7.80. The highest BCUT2D eigenvalue weighted by Crippen LogP contribution is 2.32. The number of fused-ring (bicyclic) bond motifs is 1. The number of anilines is 1. The minimum atomic E-state index is 0.350.